The molecular weight excluding hydrogens is 389 g/mol. The Labute approximate surface area is 173 Å². The Morgan fingerprint density at radius 3 is 2.55 bits per heavy atom. The van der Waals surface area contributed by atoms with Gasteiger partial charge < -0.3 is 5.32 Å². The molecule has 0 saturated heterocycles. The molecule has 0 bridgehead atoms. The van der Waals surface area contributed by atoms with Crippen molar-refractivity contribution in [2.24, 2.45) is 0 Å². The highest BCUT2D eigenvalue weighted by molar-refractivity contribution is 8.00. The van der Waals surface area contributed by atoms with Gasteiger partial charge in [0.1, 0.15) is 5.82 Å². The van der Waals surface area contributed by atoms with Crippen LogP contribution in [0, 0.1) is 5.82 Å². The number of carbonyl (C=O) groups excluding carboxylic acids is 1. The van der Waals surface area contributed by atoms with E-state index in [1.165, 1.54) is 23.9 Å². The smallest absolute Gasteiger partial charge is 0.233 e. The Kier molecular flexibility index (Phi) is 6.77. The molecule has 1 amide bonds. The van der Waals surface area contributed by atoms with Crippen LogP contribution in [0.4, 0.5) is 4.39 Å². The summed E-state index contributed by atoms with van der Waals surface area (Å²) in [7, 11) is 0. The number of thioether (sulfide) groups is 1. The summed E-state index contributed by atoms with van der Waals surface area (Å²) in [5, 5.41) is 11.7. The first-order chi connectivity index (χ1) is 14.0. The van der Waals surface area contributed by atoms with Crippen molar-refractivity contribution in [1.82, 2.24) is 25.1 Å². The standard InChI is InChI=1S/C21H22FN5OS/c1-4-13-27-19(17-9-11-23-12-10-17)25-26-21(27)29-15(3)20(28)24-14(2)16-5-7-18(22)8-6-16/h4-12,14-15H,1,13H2,2-3H3,(H,24,28). The van der Waals surface area contributed by atoms with Crippen molar-refractivity contribution in [2.45, 2.75) is 36.8 Å². The molecule has 2 aromatic heterocycles. The normalized spacial score (nSPS) is 12.9. The molecule has 0 saturated carbocycles. The zero-order valence-electron chi connectivity index (χ0n) is 16.2. The number of allylic oxidation sites excluding steroid dienone is 1. The van der Waals surface area contributed by atoms with Gasteiger partial charge in [0.25, 0.3) is 0 Å². The Morgan fingerprint density at radius 1 is 1.21 bits per heavy atom. The molecule has 29 heavy (non-hydrogen) atoms. The van der Waals surface area contributed by atoms with E-state index >= 15 is 0 Å². The number of hydrogen-bond acceptors (Lipinski definition) is 5. The molecule has 0 aliphatic rings. The second kappa shape index (κ2) is 9.47. The van der Waals surface area contributed by atoms with E-state index < -0.39 is 5.25 Å². The molecule has 8 heteroatoms. The van der Waals surface area contributed by atoms with Crippen LogP contribution in [0.2, 0.25) is 0 Å². The molecule has 0 aliphatic carbocycles. The van der Waals surface area contributed by atoms with Gasteiger partial charge in [0, 0.05) is 24.5 Å². The van der Waals surface area contributed by atoms with Crippen LogP contribution in [-0.2, 0) is 11.3 Å². The lowest BCUT2D eigenvalue weighted by Crippen LogP contribution is -2.33. The van der Waals surface area contributed by atoms with Crippen molar-refractivity contribution in [1.29, 1.82) is 0 Å². The highest BCUT2D eigenvalue weighted by Gasteiger charge is 2.22. The third-order valence-corrected chi connectivity index (χ3v) is 5.43. The molecule has 0 fully saturated rings. The monoisotopic (exact) mass is 411 g/mol. The third kappa shape index (κ3) is 5.08. The summed E-state index contributed by atoms with van der Waals surface area (Å²) >= 11 is 1.33. The minimum atomic E-state index is -0.393. The van der Waals surface area contributed by atoms with Crippen LogP contribution in [0.3, 0.4) is 0 Å². The molecule has 0 aliphatic heterocycles. The van der Waals surface area contributed by atoms with Crippen LogP contribution in [0.25, 0.3) is 11.4 Å². The predicted octanol–water partition coefficient (Wildman–Crippen LogP) is 4.02. The number of aromatic nitrogens is 4. The maximum Gasteiger partial charge on any atom is 0.233 e. The SMILES string of the molecule is C=CCn1c(SC(C)C(=O)NC(C)c2ccc(F)cc2)nnc1-c1ccncc1. The van der Waals surface area contributed by atoms with Gasteiger partial charge in [0.15, 0.2) is 11.0 Å². The number of halogens is 1. The van der Waals surface area contributed by atoms with Crippen molar-refractivity contribution in [2.75, 3.05) is 0 Å². The van der Waals surface area contributed by atoms with E-state index in [4.69, 9.17) is 0 Å². The Morgan fingerprint density at radius 2 is 1.90 bits per heavy atom. The number of nitrogens with zero attached hydrogens (tertiary/aromatic N) is 4. The van der Waals surface area contributed by atoms with E-state index in [2.05, 4.69) is 27.1 Å². The molecule has 0 radical (unpaired) electrons. The zero-order valence-corrected chi connectivity index (χ0v) is 17.1. The fourth-order valence-corrected chi connectivity index (χ4v) is 3.63. The number of rotatable bonds is 8. The Balaban J connectivity index is 1.71. The quantitative estimate of drug-likeness (QED) is 0.448. The van der Waals surface area contributed by atoms with Crippen LogP contribution in [-0.4, -0.2) is 30.9 Å². The largest absolute Gasteiger partial charge is 0.349 e. The van der Waals surface area contributed by atoms with Gasteiger partial charge in [-0.05, 0) is 43.7 Å². The maximum absolute atomic E-state index is 13.1. The van der Waals surface area contributed by atoms with Crippen LogP contribution >= 0.6 is 11.8 Å². The number of nitrogens with one attached hydrogen (secondary N) is 1. The van der Waals surface area contributed by atoms with Gasteiger partial charge in [-0.1, -0.05) is 30.0 Å². The summed E-state index contributed by atoms with van der Waals surface area (Å²) < 4.78 is 15.0. The first kappa shape index (κ1) is 20.7. The molecule has 1 N–H and O–H groups in total. The lowest BCUT2D eigenvalue weighted by molar-refractivity contribution is -0.120. The van der Waals surface area contributed by atoms with E-state index in [1.807, 2.05) is 30.5 Å². The summed E-state index contributed by atoms with van der Waals surface area (Å²) in [5.74, 6) is 0.260. The highest BCUT2D eigenvalue weighted by Crippen LogP contribution is 2.27. The number of carbonyl (C=O) groups is 1. The van der Waals surface area contributed by atoms with E-state index in [0.29, 0.717) is 17.5 Å². The van der Waals surface area contributed by atoms with Crippen LogP contribution in [0.1, 0.15) is 25.5 Å². The number of amides is 1. The van der Waals surface area contributed by atoms with Gasteiger partial charge >= 0.3 is 0 Å². The predicted molar refractivity (Wildman–Crippen MR) is 112 cm³/mol. The molecule has 3 aromatic rings. The third-order valence-electron chi connectivity index (χ3n) is 4.35. The second-order valence-corrected chi connectivity index (χ2v) is 7.79. The molecule has 3 rings (SSSR count). The lowest BCUT2D eigenvalue weighted by Gasteiger charge is -2.18. The summed E-state index contributed by atoms with van der Waals surface area (Å²) in [6.45, 7) is 8.00. The fourth-order valence-electron chi connectivity index (χ4n) is 2.76. The summed E-state index contributed by atoms with van der Waals surface area (Å²) in [4.78, 5) is 16.7. The molecule has 6 nitrogen and oxygen atoms in total. The fraction of sp³-hybridized carbons (Fsp3) is 0.238. The van der Waals surface area contributed by atoms with Gasteiger partial charge in [0.2, 0.25) is 5.91 Å². The van der Waals surface area contributed by atoms with Gasteiger partial charge in [0.05, 0.1) is 11.3 Å². The van der Waals surface area contributed by atoms with Gasteiger partial charge in [-0.2, -0.15) is 0 Å². The van der Waals surface area contributed by atoms with Crippen molar-refractivity contribution >= 4 is 17.7 Å². The van der Waals surface area contributed by atoms with Crippen molar-refractivity contribution in [3.05, 3.63) is 72.8 Å². The first-order valence-electron chi connectivity index (χ1n) is 9.16. The van der Waals surface area contributed by atoms with Crippen LogP contribution in [0.5, 0.6) is 0 Å². The minimum Gasteiger partial charge on any atom is -0.349 e. The first-order valence-corrected chi connectivity index (χ1v) is 10.0. The molecule has 0 spiro atoms. The highest BCUT2D eigenvalue weighted by atomic mass is 32.2. The van der Waals surface area contributed by atoms with E-state index in [9.17, 15) is 9.18 Å². The minimum absolute atomic E-state index is 0.134. The number of pyridine rings is 1. The van der Waals surface area contributed by atoms with E-state index in [1.54, 1.807) is 30.6 Å². The van der Waals surface area contributed by atoms with Crippen LogP contribution < -0.4 is 5.32 Å². The van der Waals surface area contributed by atoms with E-state index in [-0.39, 0.29) is 17.8 Å². The van der Waals surface area contributed by atoms with Gasteiger partial charge in [-0.25, -0.2) is 4.39 Å². The van der Waals surface area contributed by atoms with E-state index in [0.717, 1.165) is 11.1 Å². The Bertz CT molecular complexity index is 974. The number of hydrogen-bond donors (Lipinski definition) is 1. The molecule has 150 valence electrons. The average molecular weight is 412 g/mol. The van der Waals surface area contributed by atoms with Crippen molar-refractivity contribution in [3.8, 4) is 11.4 Å². The van der Waals surface area contributed by atoms with Crippen LogP contribution in [0.15, 0.2) is 66.6 Å². The number of benzene rings is 1. The topological polar surface area (TPSA) is 72.7 Å². The summed E-state index contributed by atoms with van der Waals surface area (Å²) in [5.41, 5.74) is 1.73. The lowest BCUT2D eigenvalue weighted by atomic mass is 10.1. The van der Waals surface area contributed by atoms with Gasteiger partial charge in [-0.3, -0.25) is 14.3 Å². The second-order valence-electron chi connectivity index (χ2n) is 6.48. The molecule has 2 unspecified atom stereocenters. The van der Waals surface area contributed by atoms with Crippen molar-refractivity contribution in [3.63, 3.8) is 0 Å². The molecule has 2 atom stereocenters. The van der Waals surface area contributed by atoms with Gasteiger partial charge in [-0.15, -0.1) is 16.8 Å². The van der Waals surface area contributed by atoms with Crippen molar-refractivity contribution < 1.29 is 9.18 Å². The average Bonchev–Trinajstić information content (AvgIpc) is 3.11. The molecule has 2 heterocycles. The summed E-state index contributed by atoms with van der Waals surface area (Å²) in [6.07, 6.45) is 5.16. The molecule has 1 aromatic carbocycles. The Hall–Kier alpha value is -3.00. The molecular formula is C21H22FN5OS. The summed E-state index contributed by atoms with van der Waals surface area (Å²) in [6, 6.07) is 9.59. The zero-order chi connectivity index (χ0) is 20.8. The maximum atomic E-state index is 13.1.